The van der Waals surface area contributed by atoms with Crippen LogP contribution in [0, 0.1) is 0 Å². The molecule has 0 amide bonds. The molecule has 2 aromatic rings. The number of fused-ring (bicyclic) bond motifs is 1. The largest absolute Gasteiger partial charge is 0.323 e. The molecule has 1 saturated heterocycles. The molecule has 1 fully saturated rings. The maximum atomic E-state index is 6.10. The highest BCUT2D eigenvalue weighted by Gasteiger charge is 2.24. The number of halogens is 2. The summed E-state index contributed by atoms with van der Waals surface area (Å²) >= 11 is 12.2. The van der Waals surface area contributed by atoms with Gasteiger partial charge < -0.3 is 9.47 Å². The number of likely N-dealkylation sites (N-methyl/N-ethyl adjacent to an activating group) is 1. The molecule has 1 aromatic heterocycles. The molecule has 2 heterocycles. The summed E-state index contributed by atoms with van der Waals surface area (Å²) in [6.45, 7) is 5.60. The lowest BCUT2D eigenvalue weighted by molar-refractivity contribution is 0.186. The van der Waals surface area contributed by atoms with Gasteiger partial charge in [0.05, 0.1) is 16.9 Å². The van der Waals surface area contributed by atoms with E-state index >= 15 is 0 Å². The molecule has 1 aliphatic heterocycles. The van der Waals surface area contributed by atoms with Crippen LogP contribution in [0.15, 0.2) is 18.2 Å². The van der Waals surface area contributed by atoms with Crippen LogP contribution in [0.5, 0.6) is 0 Å². The number of hydrogen-bond donors (Lipinski definition) is 0. The van der Waals surface area contributed by atoms with Gasteiger partial charge in [0.1, 0.15) is 5.82 Å². The fraction of sp³-hybridized carbons (Fsp3) is 0.533. The average molecular weight is 312 g/mol. The Morgan fingerprint density at radius 1 is 1.40 bits per heavy atom. The van der Waals surface area contributed by atoms with Gasteiger partial charge in [0.2, 0.25) is 0 Å². The highest BCUT2D eigenvalue weighted by molar-refractivity contribution is 6.31. The molecule has 0 spiro atoms. The zero-order chi connectivity index (χ0) is 14.1. The van der Waals surface area contributed by atoms with Crippen molar-refractivity contribution in [1.29, 1.82) is 0 Å². The van der Waals surface area contributed by atoms with Crippen LogP contribution in [-0.4, -0.2) is 34.1 Å². The molecule has 0 N–H and O–H groups in total. The first-order valence-corrected chi connectivity index (χ1v) is 8.09. The smallest absolute Gasteiger partial charge is 0.125 e. The van der Waals surface area contributed by atoms with Gasteiger partial charge >= 0.3 is 0 Å². The standard InChI is InChI=1S/C15H19Cl2N3/c1-2-19-7-3-4-12(10-19)20-14-6-5-11(17)8-13(14)18-15(20)9-16/h5-6,8,12H,2-4,7,9-10H2,1H3. The maximum absolute atomic E-state index is 6.10. The Morgan fingerprint density at radius 2 is 2.25 bits per heavy atom. The van der Waals surface area contributed by atoms with Crippen molar-refractivity contribution >= 4 is 34.2 Å². The molecule has 1 aliphatic rings. The highest BCUT2D eigenvalue weighted by Crippen LogP contribution is 2.29. The normalized spacial score (nSPS) is 20.6. The molecule has 0 aliphatic carbocycles. The van der Waals surface area contributed by atoms with Crippen molar-refractivity contribution in [3.63, 3.8) is 0 Å². The zero-order valence-electron chi connectivity index (χ0n) is 11.6. The molecule has 1 aromatic carbocycles. The number of benzene rings is 1. The van der Waals surface area contributed by atoms with Gasteiger partial charge in [-0.25, -0.2) is 4.98 Å². The minimum atomic E-state index is 0.439. The number of piperidine rings is 1. The Morgan fingerprint density at radius 3 is 3.00 bits per heavy atom. The summed E-state index contributed by atoms with van der Waals surface area (Å²) in [5.74, 6) is 1.39. The maximum Gasteiger partial charge on any atom is 0.125 e. The van der Waals surface area contributed by atoms with E-state index in [1.807, 2.05) is 12.1 Å². The Bertz CT molecular complexity index is 608. The number of imidazole rings is 1. The number of alkyl halides is 1. The zero-order valence-corrected chi connectivity index (χ0v) is 13.2. The third-order valence-electron chi connectivity index (χ3n) is 4.14. The summed E-state index contributed by atoms with van der Waals surface area (Å²) in [5.41, 5.74) is 2.09. The molecule has 20 heavy (non-hydrogen) atoms. The van der Waals surface area contributed by atoms with Crippen LogP contribution in [0.25, 0.3) is 11.0 Å². The summed E-state index contributed by atoms with van der Waals surface area (Å²) in [7, 11) is 0. The molecular formula is C15H19Cl2N3. The minimum absolute atomic E-state index is 0.439. The fourth-order valence-corrected chi connectivity index (χ4v) is 3.51. The van der Waals surface area contributed by atoms with Gasteiger partial charge in [0.15, 0.2) is 0 Å². The van der Waals surface area contributed by atoms with E-state index in [2.05, 4.69) is 27.4 Å². The van der Waals surface area contributed by atoms with Gasteiger partial charge in [-0.2, -0.15) is 0 Å². The molecule has 1 unspecified atom stereocenters. The van der Waals surface area contributed by atoms with E-state index in [4.69, 9.17) is 23.2 Å². The van der Waals surface area contributed by atoms with Crippen LogP contribution >= 0.6 is 23.2 Å². The van der Waals surface area contributed by atoms with Crippen molar-refractivity contribution in [2.24, 2.45) is 0 Å². The number of hydrogen-bond acceptors (Lipinski definition) is 2. The molecule has 3 rings (SSSR count). The Kier molecular flexibility index (Phi) is 4.20. The SMILES string of the molecule is CCN1CCCC(n2c(CCl)nc3cc(Cl)ccc32)C1. The van der Waals surface area contributed by atoms with Crippen molar-refractivity contribution in [1.82, 2.24) is 14.5 Å². The Hall–Kier alpha value is -0.770. The van der Waals surface area contributed by atoms with Crippen LogP contribution in [0.1, 0.15) is 31.6 Å². The second-order valence-corrected chi connectivity index (χ2v) is 6.06. The van der Waals surface area contributed by atoms with Crippen LogP contribution in [0.4, 0.5) is 0 Å². The summed E-state index contributed by atoms with van der Waals surface area (Å²) in [6, 6.07) is 6.37. The van der Waals surface area contributed by atoms with E-state index in [-0.39, 0.29) is 0 Å². The fourth-order valence-electron chi connectivity index (χ4n) is 3.15. The molecule has 108 valence electrons. The number of nitrogens with zero attached hydrogens (tertiary/aromatic N) is 3. The summed E-state index contributed by atoms with van der Waals surface area (Å²) in [4.78, 5) is 7.14. The molecule has 5 heteroatoms. The first-order chi connectivity index (χ1) is 9.72. The minimum Gasteiger partial charge on any atom is -0.323 e. The number of rotatable bonds is 3. The third kappa shape index (κ3) is 2.54. The van der Waals surface area contributed by atoms with Gasteiger partial charge in [0, 0.05) is 17.6 Å². The van der Waals surface area contributed by atoms with Gasteiger partial charge in [-0.05, 0) is 44.1 Å². The highest BCUT2D eigenvalue weighted by atomic mass is 35.5. The first kappa shape index (κ1) is 14.2. The van der Waals surface area contributed by atoms with Gasteiger partial charge in [-0.1, -0.05) is 18.5 Å². The van der Waals surface area contributed by atoms with E-state index in [9.17, 15) is 0 Å². The second-order valence-electron chi connectivity index (χ2n) is 5.35. The lowest BCUT2D eigenvalue weighted by Crippen LogP contribution is -2.36. The lowest BCUT2D eigenvalue weighted by Gasteiger charge is -2.33. The van der Waals surface area contributed by atoms with Crippen LogP contribution < -0.4 is 0 Å². The predicted molar refractivity (Wildman–Crippen MR) is 84.7 cm³/mol. The number of likely N-dealkylation sites (tertiary alicyclic amines) is 1. The summed E-state index contributed by atoms with van der Waals surface area (Å²) in [6.07, 6.45) is 2.42. The summed E-state index contributed by atoms with van der Waals surface area (Å²) < 4.78 is 2.32. The van der Waals surface area contributed by atoms with Gasteiger partial charge in [-0.3, -0.25) is 0 Å². The van der Waals surface area contributed by atoms with Crippen LogP contribution in [0.2, 0.25) is 5.02 Å². The van der Waals surface area contributed by atoms with Crippen molar-refractivity contribution < 1.29 is 0 Å². The first-order valence-electron chi connectivity index (χ1n) is 7.17. The Labute approximate surface area is 129 Å². The predicted octanol–water partition coefficient (Wildman–Crippen LogP) is 4.09. The topological polar surface area (TPSA) is 21.1 Å². The van der Waals surface area contributed by atoms with E-state index in [1.54, 1.807) is 0 Å². The van der Waals surface area contributed by atoms with Crippen molar-refractivity contribution in [2.75, 3.05) is 19.6 Å². The van der Waals surface area contributed by atoms with Gasteiger partial charge in [-0.15, -0.1) is 11.6 Å². The summed E-state index contributed by atoms with van der Waals surface area (Å²) in [5, 5.41) is 0.724. The lowest BCUT2D eigenvalue weighted by atomic mass is 10.1. The van der Waals surface area contributed by atoms with Crippen molar-refractivity contribution in [3.05, 3.63) is 29.0 Å². The number of aromatic nitrogens is 2. The van der Waals surface area contributed by atoms with E-state index < -0.39 is 0 Å². The Balaban J connectivity index is 2.04. The average Bonchev–Trinajstić information content (AvgIpc) is 2.84. The van der Waals surface area contributed by atoms with E-state index in [0.29, 0.717) is 11.9 Å². The van der Waals surface area contributed by atoms with E-state index in [0.717, 1.165) is 35.0 Å². The molecule has 0 radical (unpaired) electrons. The molecular weight excluding hydrogens is 293 g/mol. The molecule has 0 saturated carbocycles. The van der Waals surface area contributed by atoms with Crippen molar-refractivity contribution in [2.45, 2.75) is 31.7 Å². The third-order valence-corrected chi connectivity index (χ3v) is 4.61. The van der Waals surface area contributed by atoms with E-state index in [1.165, 1.54) is 19.4 Å². The van der Waals surface area contributed by atoms with Crippen LogP contribution in [0.3, 0.4) is 0 Å². The van der Waals surface area contributed by atoms with Gasteiger partial charge in [0.25, 0.3) is 0 Å². The van der Waals surface area contributed by atoms with Crippen LogP contribution in [-0.2, 0) is 5.88 Å². The molecule has 0 bridgehead atoms. The molecule has 1 atom stereocenters. The van der Waals surface area contributed by atoms with Crippen molar-refractivity contribution in [3.8, 4) is 0 Å². The second kappa shape index (κ2) is 5.92. The quantitative estimate of drug-likeness (QED) is 0.796. The molecule has 3 nitrogen and oxygen atoms in total. The monoisotopic (exact) mass is 311 g/mol.